The lowest BCUT2D eigenvalue weighted by Crippen LogP contribution is -1.99. The molecule has 0 saturated heterocycles. The van der Waals surface area contributed by atoms with Crippen molar-refractivity contribution in [2.75, 3.05) is 0 Å². The van der Waals surface area contributed by atoms with Gasteiger partial charge in [0.2, 0.25) is 5.88 Å². The lowest BCUT2D eigenvalue weighted by atomic mass is 10.2. The average molecular weight is 230 g/mol. The molecule has 0 aromatic carbocycles. The van der Waals surface area contributed by atoms with Crippen molar-refractivity contribution in [1.82, 2.24) is 4.98 Å². The highest BCUT2D eigenvalue weighted by atomic mass is 32.1. The summed E-state index contributed by atoms with van der Waals surface area (Å²) < 4.78 is 0.577. The number of hydrogen-bond donors (Lipinski definition) is 2. The number of nitrogens with zero attached hydrogens (tertiary/aromatic N) is 1. The predicted octanol–water partition coefficient (Wildman–Crippen LogP) is 3.12. The number of nitrogens with one attached hydrogen (secondary N) is 1. The van der Waals surface area contributed by atoms with Crippen molar-refractivity contribution in [3.05, 3.63) is 8.83 Å². The SMILES string of the molecule is CCC(CC)N=Cc1sc(=S)[nH]c1O. The van der Waals surface area contributed by atoms with Crippen LogP contribution in [-0.4, -0.2) is 22.3 Å². The van der Waals surface area contributed by atoms with Crippen molar-refractivity contribution >= 4 is 29.8 Å². The van der Waals surface area contributed by atoms with Crippen molar-refractivity contribution in [1.29, 1.82) is 0 Å². The van der Waals surface area contributed by atoms with Crippen LogP contribution < -0.4 is 0 Å². The molecule has 1 aromatic heterocycles. The smallest absolute Gasteiger partial charge is 0.209 e. The Morgan fingerprint density at radius 2 is 2.21 bits per heavy atom. The van der Waals surface area contributed by atoms with Crippen LogP contribution >= 0.6 is 23.6 Å². The van der Waals surface area contributed by atoms with E-state index in [-0.39, 0.29) is 5.88 Å². The zero-order valence-electron chi connectivity index (χ0n) is 8.28. The third-order valence-corrected chi connectivity index (χ3v) is 3.16. The van der Waals surface area contributed by atoms with Gasteiger partial charge in [-0.2, -0.15) is 0 Å². The molecule has 0 aliphatic carbocycles. The molecule has 3 nitrogen and oxygen atoms in total. The molecule has 0 amide bonds. The van der Waals surface area contributed by atoms with Crippen LogP contribution in [-0.2, 0) is 0 Å². The zero-order valence-corrected chi connectivity index (χ0v) is 9.91. The summed E-state index contributed by atoms with van der Waals surface area (Å²) in [5, 5.41) is 9.39. The van der Waals surface area contributed by atoms with E-state index in [9.17, 15) is 5.11 Å². The van der Waals surface area contributed by atoms with Crippen LogP contribution in [0.15, 0.2) is 4.99 Å². The maximum atomic E-state index is 9.39. The number of thiazole rings is 1. The van der Waals surface area contributed by atoms with Gasteiger partial charge in [-0.3, -0.25) is 4.99 Å². The third-order valence-electron chi connectivity index (χ3n) is 2.00. The van der Waals surface area contributed by atoms with Gasteiger partial charge in [-0.25, -0.2) is 0 Å². The fourth-order valence-corrected chi connectivity index (χ4v) is 2.07. The topological polar surface area (TPSA) is 48.4 Å². The average Bonchev–Trinajstić information content (AvgIpc) is 2.47. The van der Waals surface area contributed by atoms with Crippen molar-refractivity contribution in [2.45, 2.75) is 32.7 Å². The molecule has 1 aromatic rings. The van der Waals surface area contributed by atoms with E-state index >= 15 is 0 Å². The molecule has 1 rings (SSSR count). The van der Waals surface area contributed by atoms with Gasteiger partial charge in [0, 0.05) is 12.3 Å². The van der Waals surface area contributed by atoms with Gasteiger partial charge in [0.1, 0.15) is 4.88 Å². The molecule has 0 spiro atoms. The summed E-state index contributed by atoms with van der Waals surface area (Å²) in [5.74, 6) is 0.120. The molecule has 0 bridgehead atoms. The van der Waals surface area contributed by atoms with E-state index in [2.05, 4.69) is 23.8 Å². The minimum absolute atomic E-state index is 0.120. The van der Waals surface area contributed by atoms with Crippen LogP contribution in [0.4, 0.5) is 0 Å². The molecule has 1 heterocycles. The van der Waals surface area contributed by atoms with Gasteiger partial charge in [0.25, 0.3) is 0 Å². The van der Waals surface area contributed by atoms with E-state index in [1.807, 2.05) is 0 Å². The van der Waals surface area contributed by atoms with Gasteiger partial charge in [-0.05, 0) is 25.1 Å². The van der Waals surface area contributed by atoms with Gasteiger partial charge in [-0.1, -0.05) is 25.2 Å². The summed E-state index contributed by atoms with van der Waals surface area (Å²) in [6, 6.07) is 0.338. The van der Waals surface area contributed by atoms with Crippen LogP contribution in [0.25, 0.3) is 0 Å². The minimum atomic E-state index is 0.120. The third kappa shape index (κ3) is 2.92. The van der Waals surface area contributed by atoms with Crippen molar-refractivity contribution in [3.63, 3.8) is 0 Å². The highest BCUT2D eigenvalue weighted by Gasteiger charge is 2.03. The predicted molar refractivity (Wildman–Crippen MR) is 63.1 cm³/mol. The van der Waals surface area contributed by atoms with E-state index in [1.165, 1.54) is 11.3 Å². The van der Waals surface area contributed by atoms with Crippen LogP contribution in [0.1, 0.15) is 31.6 Å². The first-order chi connectivity index (χ1) is 6.67. The van der Waals surface area contributed by atoms with E-state index in [0.29, 0.717) is 14.9 Å². The Kier molecular flexibility index (Phi) is 4.28. The van der Waals surface area contributed by atoms with Crippen LogP contribution in [0.5, 0.6) is 5.88 Å². The monoisotopic (exact) mass is 230 g/mol. The summed E-state index contributed by atoms with van der Waals surface area (Å²) in [4.78, 5) is 7.74. The van der Waals surface area contributed by atoms with Crippen LogP contribution in [0, 0.1) is 3.95 Å². The quantitative estimate of drug-likeness (QED) is 0.616. The second-order valence-corrected chi connectivity index (χ2v) is 4.69. The lowest BCUT2D eigenvalue weighted by Gasteiger charge is -2.03. The molecule has 5 heteroatoms. The Labute approximate surface area is 92.5 Å². The summed E-state index contributed by atoms with van der Waals surface area (Å²) in [5.41, 5.74) is 0. The first kappa shape index (κ1) is 11.4. The second-order valence-electron chi connectivity index (χ2n) is 2.98. The highest BCUT2D eigenvalue weighted by molar-refractivity contribution is 7.73. The molecule has 2 N–H and O–H groups in total. The summed E-state index contributed by atoms with van der Waals surface area (Å²) in [7, 11) is 0. The molecule has 0 aliphatic heterocycles. The molecular formula is C9H14N2OS2. The Balaban J connectivity index is 2.77. The van der Waals surface area contributed by atoms with E-state index in [1.54, 1.807) is 6.21 Å². The number of aromatic nitrogens is 1. The summed E-state index contributed by atoms with van der Waals surface area (Å²) in [6.45, 7) is 4.20. The van der Waals surface area contributed by atoms with Crippen LogP contribution in [0.3, 0.4) is 0 Å². The van der Waals surface area contributed by atoms with Gasteiger partial charge in [0.15, 0.2) is 3.95 Å². The van der Waals surface area contributed by atoms with E-state index in [4.69, 9.17) is 12.2 Å². The first-order valence-electron chi connectivity index (χ1n) is 4.62. The van der Waals surface area contributed by atoms with Crippen LogP contribution in [0.2, 0.25) is 0 Å². The van der Waals surface area contributed by atoms with Crippen molar-refractivity contribution in [3.8, 4) is 5.88 Å². The Morgan fingerprint density at radius 3 is 2.64 bits per heavy atom. The molecular weight excluding hydrogens is 216 g/mol. The van der Waals surface area contributed by atoms with Gasteiger partial charge in [-0.15, -0.1) is 0 Å². The molecule has 0 unspecified atom stereocenters. The fourth-order valence-electron chi connectivity index (χ4n) is 1.09. The largest absolute Gasteiger partial charge is 0.494 e. The summed E-state index contributed by atoms with van der Waals surface area (Å²) in [6.07, 6.45) is 3.73. The molecule has 0 saturated carbocycles. The van der Waals surface area contributed by atoms with Gasteiger partial charge >= 0.3 is 0 Å². The number of aromatic hydroxyl groups is 1. The maximum absolute atomic E-state index is 9.39. The molecule has 0 aliphatic rings. The number of aromatic amines is 1. The molecule has 0 atom stereocenters. The molecule has 78 valence electrons. The number of H-pyrrole nitrogens is 1. The Hall–Kier alpha value is -0.680. The number of rotatable bonds is 4. The lowest BCUT2D eigenvalue weighted by molar-refractivity contribution is 0.456. The molecule has 0 fully saturated rings. The van der Waals surface area contributed by atoms with Gasteiger partial charge in [0.05, 0.1) is 0 Å². The summed E-state index contributed by atoms with van der Waals surface area (Å²) >= 11 is 6.24. The molecule has 0 radical (unpaired) electrons. The van der Waals surface area contributed by atoms with E-state index in [0.717, 1.165) is 12.8 Å². The Morgan fingerprint density at radius 1 is 1.57 bits per heavy atom. The normalized spacial score (nSPS) is 11.6. The minimum Gasteiger partial charge on any atom is -0.494 e. The fraction of sp³-hybridized carbons (Fsp3) is 0.556. The second kappa shape index (κ2) is 5.26. The number of aliphatic imine (C=N–C) groups is 1. The first-order valence-corrected chi connectivity index (χ1v) is 5.85. The standard InChI is InChI=1S/C9H14N2OS2/c1-3-6(4-2)10-5-7-8(12)11-9(13)14-7/h5-6,12H,3-4H2,1-2H3,(H,11,13). The van der Waals surface area contributed by atoms with Crippen molar-refractivity contribution in [2.24, 2.45) is 4.99 Å². The van der Waals surface area contributed by atoms with Gasteiger partial charge < -0.3 is 10.1 Å². The molecule has 14 heavy (non-hydrogen) atoms. The van der Waals surface area contributed by atoms with Crippen molar-refractivity contribution < 1.29 is 5.11 Å². The number of hydrogen-bond acceptors (Lipinski definition) is 4. The highest BCUT2D eigenvalue weighted by Crippen LogP contribution is 2.19. The maximum Gasteiger partial charge on any atom is 0.209 e. The Bertz CT molecular complexity index is 363. The van der Waals surface area contributed by atoms with E-state index < -0.39 is 0 Å². The zero-order chi connectivity index (χ0) is 10.6.